The molecule has 0 aromatic heterocycles. The molecule has 0 radical (unpaired) electrons. The first-order valence-electron chi connectivity index (χ1n) is 6.13. The van der Waals surface area contributed by atoms with Gasteiger partial charge in [0, 0.05) is 6.08 Å². The molecule has 1 saturated carbocycles. The van der Waals surface area contributed by atoms with Crippen LogP contribution in [0.4, 0.5) is 0 Å². The van der Waals surface area contributed by atoms with E-state index < -0.39 is 17.4 Å². The highest BCUT2D eigenvalue weighted by Crippen LogP contribution is 2.27. The third kappa shape index (κ3) is 4.21. The van der Waals surface area contributed by atoms with Gasteiger partial charge in [-0.3, -0.25) is 4.79 Å². The summed E-state index contributed by atoms with van der Waals surface area (Å²) in [5.74, 6) is -0.974. The molecule has 1 amide bonds. The number of nitrogens with zero attached hydrogens (tertiary/aromatic N) is 1. The molecule has 0 saturated heterocycles. The number of hydrogen-bond donors (Lipinski definition) is 1. The topological polar surface area (TPSA) is 79.2 Å². The zero-order valence-electron chi connectivity index (χ0n) is 10.6. The van der Waals surface area contributed by atoms with Crippen molar-refractivity contribution in [3.8, 4) is 6.07 Å². The fourth-order valence-electron chi connectivity index (χ4n) is 2.04. The first-order valence-corrected chi connectivity index (χ1v) is 6.13. The highest BCUT2D eigenvalue weighted by Gasteiger charge is 2.33. The van der Waals surface area contributed by atoms with Gasteiger partial charge in [-0.15, -0.1) is 0 Å². The summed E-state index contributed by atoms with van der Waals surface area (Å²) in [7, 11) is 0. The summed E-state index contributed by atoms with van der Waals surface area (Å²) >= 11 is 0. The number of amides is 1. The number of allylic oxidation sites excluding steroid dienone is 1. The molecule has 0 aliphatic heterocycles. The Morgan fingerprint density at radius 2 is 2.06 bits per heavy atom. The van der Waals surface area contributed by atoms with E-state index in [0.29, 0.717) is 12.8 Å². The third-order valence-corrected chi connectivity index (χ3v) is 2.95. The van der Waals surface area contributed by atoms with Crippen LogP contribution in [0.1, 0.15) is 39.0 Å². The summed E-state index contributed by atoms with van der Waals surface area (Å²) in [6.45, 7) is 1.35. The molecule has 1 rings (SSSR count). The Morgan fingerprint density at radius 1 is 1.39 bits per heavy atom. The number of rotatable bonds is 4. The van der Waals surface area contributed by atoms with Crippen LogP contribution in [0.3, 0.4) is 0 Å². The fraction of sp³-hybridized carbons (Fsp3) is 0.615. The van der Waals surface area contributed by atoms with Crippen LogP contribution in [-0.4, -0.2) is 24.0 Å². The van der Waals surface area contributed by atoms with E-state index in [4.69, 9.17) is 10.00 Å². The summed E-state index contributed by atoms with van der Waals surface area (Å²) < 4.78 is 4.73. The van der Waals surface area contributed by atoms with Gasteiger partial charge in [-0.2, -0.15) is 5.26 Å². The minimum Gasteiger partial charge on any atom is -0.452 e. The molecule has 0 atom stereocenters. The van der Waals surface area contributed by atoms with E-state index in [1.165, 1.54) is 12.2 Å². The highest BCUT2D eigenvalue weighted by atomic mass is 16.5. The number of esters is 1. The molecular formula is C13H18N2O3. The molecule has 0 heterocycles. The molecule has 0 spiro atoms. The average molecular weight is 250 g/mol. The Balaban J connectivity index is 2.43. The van der Waals surface area contributed by atoms with Crippen LogP contribution >= 0.6 is 0 Å². The van der Waals surface area contributed by atoms with E-state index in [1.54, 1.807) is 6.92 Å². The summed E-state index contributed by atoms with van der Waals surface area (Å²) in [6, 6.07) is 2.17. The average Bonchev–Trinajstić information content (AvgIpc) is 2.38. The Morgan fingerprint density at radius 3 is 2.61 bits per heavy atom. The van der Waals surface area contributed by atoms with Gasteiger partial charge >= 0.3 is 5.97 Å². The lowest BCUT2D eigenvalue weighted by Crippen LogP contribution is -2.49. The van der Waals surface area contributed by atoms with Crippen LogP contribution < -0.4 is 5.32 Å². The molecule has 5 nitrogen and oxygen atoms in total. The van der Waals surface area contributed by atoms with E-state index in [-0.39, 0.29) is 6.61 Å². The minimum atomic E-state index is -0.775. The van der Waals surface area contributed by atoms with E-state index in [9.17, 15) is 9.59 Å². The van der Waals surface area contributed by atoms with Crippen LogP contribution in [0.2, 0.25) is 0 Å². The second-order valence-electron chi connectivity index (χ2n) is 4.41. The summed E-state index contributed by atoms with van der Waals surface area (Å²) in [5.41, 5.74) is -0.775. The van der Waals surface area contributed by atoms with Gasteiger partial charge in [-0.05, 0) is 19.8 Å². The molecule has 1 fully saturated rings. The number of carbonyl (C=O) groups excluding carboxylic acids is 2. The lowest BCUT2D eigenvalue weighted by molar-refractivity contribution is -0.144. The number of nitriles is 1. The molecule has 0 aromatic carbocycles. The van der Waals surface area contributed by atoms with E-state index in [2.05, 4.69) is 11.4 Å². The number of ether oxygens (including phenoxy) is 1. The number of carbonyl (C=O) groups is 2. The first kappa shape index (κ1) is 14.2. The number of nitrogens with one attached hydrogen (secondary N) is 1. The molecule has 0 bridgehead atoms. The minimum absolute atomic E-state index is 0.341. The van der Waals surface area contributed by atoms with Gasteiger partial charge in [-0.1, -0.05) is 25.3 Å². The van der Waals surface area contributed by atoms with Crippen molar-refractivity contribution in [3.05, 3.63) is 12.2 Å². The monoisotopic (exact) mass is 250 g/mol. The van der Waals surface area contributed by atoms with Gasteiger partial charge in [0.15, 0.2) is 6.61 Å². The maximum Gasteiger partial charge on any atom is 0.330 e. The van der Waals surface area contributed by atoms with Crippen molar-refractivity contribution in [3.63, 3.8) is 0 Å². The van der Waals surface area contributed by atoms with Crippen molar-refractivity contribution >= 4 is 11.9 Å². The smallest absolute Gasteiger partial charge is 0.330 e. The van der Waals surface area contributed by atoms with Crippen LogP contribution in [0.25, 0.3) is 0 Å². The van der Waals surface area contributed by atoms with Gasteiger partial charge in [0.2, 0.25) is 0 Å². The summed E-state index contributed by atoms with van der Waals surface area (Å²) in [5, 5.41) is 11.8. The van der Waals surface area contributed by atoms with Crippen molar-refractivity contribution in [2.75, 3.05) is 6.61 Å². The Kier molecular flexibility index (Phi) is 5.37. The predicted molar refractivity (Wildman–Crippen MR) is 65.3 cm³/mol. The van der Waals surface area contributed by atoms with Crippen molar-refractivity contribution in [2.45, 2.75) is 44.6 Å². The zero-order chi connectivity index (χ0) is 13.4. The maximum absolute atomic E-state index is 11.6. The predicted octanol–water partition coefficient (Wildman–Crippen LogP) is 1.45. The lowest BCUT2D eigenvalue weighted by atomic mass is 9.83. The van der Waals surface area contributed by atoms with Gasteiger partial charge < -0.3 is 10.1 Å². The fourth-order valence-corrected chi connectivity index (χ4v) is 2.04. The third-order valence-electron chi connectivity index (χ3n) is 2.95. The molecule has 1 N–H and O–H groups in total. The normalized spacial score (nSPS) is 18.0. The Labute approximate surface area is 107 Å². The molecule has 1 aliphatic rings. The largest absolute Gasteiger partial charge is 0.452 e. The lowest BCUT2D eigenvalue weighted by Gasteiger charge is -2.31. The van der Waals surface area contributed by atoms with E-state index >= 15 is 0 Å². The van der Waals surface area contributed by atoms with Crippen LogP contribution in [0, 0.1) is 11.3 Å². The Hall–Kier alpha value is -1.83. The maximum atomic E-state index is 11.6. The van der Waals surface area contributed by atoms with Gasteiger partial charge in [-0.25, -0.2) is 4.79 Å². The standard InChI is InChI=1S/C13H18N2O3/c1-2-6-12(17)18-9-11(16)15-13(10-14)7-4-3-5-8-13/h2,6H,3-5,7-9H2,1H3,(H,15,16)/b6-2+. The number of hydrogen-bond acceptors (Lipinski definition) is 4. The van der Waals surface area contributed by atoms with Crippen molar-refractivity contribution in [1.82, 2.24) is 5.32 Å². The first-order chi connectivity index (χ1) is 8.62. The van der Waals surface area contributed by atoms with Gasteiger partial charge in [0.05, 0.1) is 6.07 Å². The highest BCUT2D eigenvalue weighted by molar-refractivity contribution is 5.86. The quantitative estimate of drug-likeness (QED) is 0.605. The summed E-state index contributed by atoms with van der Waals surface area (Å²) in [4.78, 5) is 22.7. The molecule has 18 heavy (non-hydrogen) atoms. The molecule has 1 aliphatic carbocycles. The SMILES string of the molecule is C/C=C/C(=O)OCC(=O)NC1(C#N)CCCCC1. The molecule has 5 heteroatoms. The van der Waals surface area contributed by atoms with E-state index in [0.717, 1.165) is 19.3 Å². The van der Waals surface area contributed by atoms with Crippen LogP contribution in [-0.2, 0) is 14.3 Å². The molecular weight excluding hydrogens is 232 g/mol. The van der Waals surface area contributed by atoms with Crippen molar-refractivity contribution in [2.24, 2.45) is 0 Å². The summed E-state index contributed by atoms with van der Waals surface area (Å²) in [6.07, 6.45) is 7.08. The molecule has 0 aromatic rings. The zero-order valence-corrected chi connectivity index (χ0v) is 10.6. The van der Waals surface area contributed by atoms with Gasteiger partial charge in [0.25, 0.3) is 5.91 Å². The Bertz CT molecular complexity index is 376. The molecule has 0 unspecified atom stereocenters. The van der Waals surface area contributed by atoms with Crippen molar-refractivity contribution in [1.29, 1.82) is 5.26 Å². The van der Waals surface area contributed by atoms with Crippen molar-refractivity contribution < 1.29 is 14.3 Å². The second kappa shape index (κ2) is 6.80. The molecule has 98 valence electrons. The van der Waals surface area contributed by atoms with E-state index in [1.807, 2.05) is 0 Å². The van der Waals surface area contributed by atoms with Crippen LogP contribution in [0.5, 0.6) is 0 Å². The van der Waals surface area contributed by atoms with Gasteiger partial charge in [0.1, 0.15) is 5.54 Å². The van der Waals surface area contributed by atoms with Crippen LogP contribution in [0.15, 0.2) is 12.2 Å². The second-order valence-corrected chi connectivity index (χ2v) is 4.41.